The molecule has 6 heteroatoms. The van der Waals surface area contributed by atoms with Crippen LogP contribution in [0.2, 0.25) is 0 Å². The zero-order valence-corrected chi connectivity index (χ0v) is 22.9. The Morgan fingerprint density at radius 1 is 0.795 bits per heavy atom. The number of rotatable bonds is 9. The van der Waals surface area contributed by atoms with Gasteiger partial charge in [-0.1, -0.05) is 78.9 Å². The lowest BCUT2D eigenvalue weighted by Gasteiger charge is -2.39. The normalized spacial score (nSPS) is 18.5. The van der Waals surface area contributed by atoms with Crippen LogP contribution in [0.4, 0.5) is 10.5 Å². The van der Waals surface area contributed by atoms with E-state index in [-0.39, 0.29) is 12.1 Å². The smallest absolute Gasteiger partial charge is 0.319 e. The highest BCUT2D eigenvalue weighted by molar-refractivity contribution is 5.94. The summed E-state index contributed by atoms with van der Waals surface area (Å²) in [4.78, 5) is 17.8. The Bertz CT molecular complexity index is 1170. The van der Waals surface area contributed by atoms with Crippen LogP contribution in [-0.2, 0) is 6.42 Å². The van der Waals surface area contributed by atoms with Gasteiger partial charge in [-0.2, -0.15) is 0 Å². The lowest BCUT2D eigenvalue weighted by Crippen LogP contribution is -2.47. The Balaban J connectivity index is 0.984. The summed E-state index contributed by atoms with van der Waals surface area (Å²) < 4.78 is 0. The van der Waals surface area contributed by atoms with Crippen molar-refractivity contribution in [3.8, 4) is 11.1 Å². The number of para-hydroxylation sites is 1. The molecular formula is C33H42N4O2. The molecule has 2 aliphatic rings. The fourth-order valence-corrected chi connectivity index (χ4v) is 5.97. The van der Waals surface area contributed by atoms with E-state index in [2.05, 4.69) is 44.7 Å². The van der Waals surface area contributed by atoms with Gasteiger partial charge in [-0.05, 0) is 62.4 Å². The molecule has 2 fully saturated rings. The highest BCUT2D eigenvalue weighted by Gasteiger charge is 2.32. The molecule has 206 valence electrons. The fraction of sp³-hybridized carbons (Fsp3) is 0.424. The largest absolute Gasteiger partial charge is 0.389 e. The van der Waals surface area contributed by atoms with Gasteiger partial charge >= 0.3 is 6.03 Å². The van der Waals surface area contributed by atoms with Crippen LogP contribution in [0.25, 0.3) is 11.1 Å². The van der Waals surface area contributed by atoms with Gasteiger partial charge in [0.1, 0.15) is 0 Å². The molecule has 6 nitrogen and oxygen atoms in total. The van der Waals surface area contributed by atoms with Gasteiger partial charge in [-0.3, -0.25) is 0 Å². The van der Waals surface area contributed by atoms with Gasteiger partial charge in [0.2, 0.25) is 0 Å². The van der Waals surface area contributed by atoms with E-state index in [0.29, 0.717) is 0 Å². The number of hydrogen-bond donors (Lipinski definition) is 3. The molecule has 0 saturated carbocycles. The number of likely N-dealkylation sites (tertiary alicyclic amines) is 2. The number of hydrogen-bond acceptors (Lipinski definition) is 4. The van der Waals surface area contributed by atoms with Crippen LogP contribution < -0.4 is 10.6 Å². The second kappa shape index (κ2) is 13.2. The van der Waals surface area contributed by atoms with Gasteiger partial charge in [0.05, 0.1) is 11.3 Å². The standard InChI is InChI=1S/C33H42N4O2/c38-32(35-31-15-8-7-14-30(31)28-12-5-2-6-13-28)34-29-16-22-36(23-17-29)20-9-21-37-24-18-33(39,19-25-37)26-27-10-3-1-4-11-27/h1-8,10-15,29,39H,9,16-26H2,(H2,34,35,38). The first-order chi connectivity index (χ1) is 19.1. The van der Waals surface area contributed by atoms with E-state index in [0.717, 1.165) is 94.6 Å². The second-order valence-electron chi connectivity index (χ2n) is 11.2. The summed E-state index contributed by atoms with van der Waals surface area (Å²) in [5.74, 6) is 0. The van der Waals surface area contributed by atoms with Crippen molar-refractivity contribution in [1.82, 2.24) is 15.1 Å². The van der Waals surface area contributed by atoms with Gasteiger partial charge in [0.25, 0.3) is 0 Å². The molecule has 2 aliphatic heterocycles. The number of amides is 2. The molecule has 2 amide bonds. The van der Waals surface area contributed by atoms with Crippen molar-refractivity contribution >= 4 is 11.7 Å². The molecule has 5 rings (SSSR count). The predicted octanol–water partition coefficient (Wildman–Crippen LogP) is 5.40. The maximum Gasteiger partial charge on any atom is 0.319 e. The lowest BCUT2D eigenvalue weighted by molar-refractivity contribution is -0.0212. The highest BCUT2D eigenvalue weighted by atomic mass is 16.3. The second-order valence-corrected chi connectivity index (χ2v) is 11.2. The van der Waals surface area contributed by atoms with E-state index >= 15 is 0 Å². The SMILES string of the molecule is O=C(Nc1ccccc1-c1ccccc1)NC1CCN(CCCN2CCC(O)(Cc3ccccc3)CC2)CC1. The van der Waals surface area contributed by atoms with Crippen LogP contribution in [0.3, 0.4) is 0 Å². The van der Waals surface area contributed by atoms with E-state index in [1.807, 2.05) is 60.7 Å². The van der Waals surface area contributed by atoms with E-state index < -0.39 is 5.60 Å². The molecule has 0 radical (unpaired) electrons. The number of aliphatic hydroxyl groups is 1. The fourth-order valence-electron chi connectivity index (χ4n) is 5.97. The number of carbonyl (C=O) groups is 1. The van der Waals surface area contributed by atoms with Crippen LogP contribution in [0.15, 0.2) is 84.9 Å². The minimum absolute atomic E-state index is 0.130. The van der Waals surface area contributed by atoms with Gasteiger partial charge in [-0.15, -0.1) is 0 Å². The Morgan fingerprint density at radius 2 is 1.38 bits per heavy atom. The van der Waals surface area contributed by atoms with Crippen molar-refractivity contribution < 1.29 is 9.90 Å². The number of benzene rings is 3. The first kappa shape index (κ1) is 27.4. The minimum atomic E-state index is -0.567. The third-order valence-corrected chi connectivity index (χ3v) is 8.29. The van der Waals surface area contributed by atoms with Crippen LogP contribution >= 0.6 is 0 Å². The van der Waals surface area contributed by atoms with Crippen molar-refractivity contribution in [1.29, 1.82) is 0 Å². The molecule has 2 saturated heterocycles. The van der Waals surface area contributed by atoms with Crippen molar-refractivity contribution in [3.63, 3.8) is 0 Å². The molecule has 3 aromatic rings. The Morgan fingerprint density at radius 3 is 2.08 bits per heavy atom. The number of nitrogens with one attached hydrogen (secondary N) is 2. The zero-order valence-electron chi connectivity index (χ0n) is 22.9. The molecule has 39 heavy (non-hydrogen) atoms. The quantitative estimate of drug-likeness (QED) is 0.349. The van der Waals surface area contributed by atoms with Crippen molar-refractivity contribution in [2.75, 3.05) is 44.6 Å². The van der Waals surface area contributed by atoms with Gasteiger partial charge in [0, 0.05) is 44.2 Å². The molecule has 0 spiro atoms. The molecule has 0 unspecified atom stereocenters. The summed E-state index contributed by atoms with van der Waals surface area (Å²) >= 11 is 0. The molecule has 0 bridgehead atoms. The van der Waals surface area contributed by atoms with Crippen molar-refractivity contribution in [2.24, 2.45) is 0 Å². The topological polar surface area (TPSA) is 67.8 Å². The summed E-state index contributed by atoms with van der Waals surface area (Å²) in [6.07, 6.45) is 5.54. The van der Waals surface area contributed by atoms with Gasteiger partial charge in [0.15, 0.2) is 0 Å². The Labute approximate surface area is 233 Å². The number of piperidine rings is 2. The molecule has 0 aromatic heterocycles. The molecular weight excluding hydrogens is 484 g/mol. The molecule has 2 heterocycles. The lowest BCUT2D eigenvalue weighted by atomic mass is 9.85. The molecule has 3 aromatic carbocycles. The average Bonchev–Trinajstić information content (AvgIpc) is 2.96. The third-order valence-electron chi connectivity index (χ3n) is 8.29. The average molecular weight is 527 g/mol. The minimum Gasteiger partial charge on any atom is -0.389 e. The summed E-state index contributed by atoms with van der Waals surface area (Å²) in [5, 5.41) is 17.3. The number of urea groups is 1. The van der Waals surface area contributed by atoms with Crippen molar-refractivity contribution in [3.05, 3.63) is 90.5 Å². The van der Waals surface area contributed by atoms with E-state index in [4.69, 9.17) is 0 Å². The number of anilines is 1. The van der Waals surface area contributed by atoms with Crippen LogP contribution in [-0.4, -0.2) is 71.8 Å². The summed E-state index contributed by atoms with van der Waals surface area (Å²) in [6.45, 7) is 6.15. The van der Waals surface area contributed by atoms with Crippen LogP contribution in [0.1, 0.15) is 37.7 Å². The van der Waals surface area contributed by atoms with E-state index in [9.17, 15) is 9.90 Å². The molecule has 3 N–H and O–H groups in total. The summed E-state index contributed by atoms with van der Waals surface area (Å²) in [5.41, 5.74) is 3.60. The third kappa shape index (κ3) is 7.91. The van der Waals surface area contributed by atoms with E-state index in [1.54, 1.807) is 0 Å². The summed E-state index contributed by atoms with van der Waals surface area (Å²) in [7, 11) is 0. The first-order valence-electron chi connectivity index (χ1n) is 14.5. The highest BCUT2D eigenvalue weighted by Crippen LogP contribution is 2.28. The van der Waals surface area contributed by atoms with Gasteiger partial charge in [-0.25, -0.2) is 4.79 Å². The van der Waals surface area contributed by atoms with Crippen LogP contribution in [0.5, 0.6) is 0 Å². The Kier molecular flexibility index (Phi) is 9.30. The van der Waals surface area contributed by atoms with E-state index in [1.165, 1.54) is 5.56 Å². The predicted molar refractivity (Wildman–Crippen MR) is 159 cm³/mol. The monoisotopic (exact) mass is 526 g/mol. The summed E-state index contributed by atoms with van der Waals surface area (Å²) in [6, 6.07) is 28.5. The number of carbonyl (C=O) groups excluding carboxylic acids is 1. The van der Waals surface area contributed by atoms with Gasteiger partial charge < -0.3 is 25.5 Å². The first-order valence-corrected chi connectivity index (χ1v) is 14.5. The molecule has 0 atom stereocenters. The maximum absolute atomic E-state index is 12.8. The number of nitrogens with zero attached hydrogens (tertiary/aromatic N) is 2. The van der Waals surface area contributed by atoms with Crippen LogP contribution in [0, 0.1) is 0 Å². The Hall–Kier alpha value is -3.19. The maximum atomic E-state index is 12.8. The molecule has 0 aliphatic carbocycles. The van der Waals surface area contributed by atoms with Crippen molar-refractivity contribution in [2.45, 2.75) is 50.2 Å². The zero-order chi connectivity index (χ0) is 26.9.